The van der Waals surface area contributed by atoms with E-state index in [0.29, 0.717) is 5.56 Å². The van der Waals surface area contributed by atoms with Crippen LogP contribution in [-0.4, -0.2) is 10.9 Å². The predicted molar refractivity (Wildman–Crippen MR) is 83.2 cm³/mol. The summed E-state index contributed by atoms with van der Waals surface area (Å²) < 4.78 is 37.4. The average molecular weight is 363 g/mol. The summed E-state index contributed by atoms with van der Waals surface area (Å²) in [6.45, 7) is 0.129. The van der Waals surface area contributed by atoms with Gasteiger partial charge in [-0.25, -0.2) is 0 Å². The van der Waals surface area contributed by atoms with Crippen LogP contribution in [0.3, 0.4) is 0 Å². The number of phenols is 1. The van der Waals surface area contributed by atoms with Crippen molar-refractivity contribution in [3.05, 3.63) is 63.1 Å². The largest absolute Gasteiger partial charge is 0.508 e. The fraction of sp³-hybridized carbons (Fsp3) is 0.133. The lowest BCUT2D eigenvalue weighted by molar-refractivity contribution is -0.137. The van der Waals surface area contributed by atoms with E-state index in [0.717, 1.165) is 12.1 Å². The highest BCUT2D eigenvalue weighted by Gasteiger charge is 2.29. The number of hydrogen-bond acceptors (Lipinski definition) is 2. The van der Waals surface area contributed by atoms with Gasteiger partial charge in [0, 0.05) is 6.54 Å². The standard InChI is InChI=1S/C15H11Cl2F3N2O/c16-11-5-10(23)6-12(17)13(11)14(21)22-7-8-1-3-9(4-2-8)15(18,19)20/h1-6,23H,7H2,(H2,21,22). The van der Waals surface area contributed by atoms with Gasteiger partial charge in [0.25, 0.3) is 0 Å². The molecule has 2 aromatic rings. The smallest absolute Gasteiger partial charge is 0.416 e. The van der Waals surface area contributed by atoms with Crippen LogP contribution in [0, 0.1) is 5.41 Å². The first-order valence-corrected chi connectivity index (χ1v) is 7.11. The molecule has 0 bridgehead atoms. The average Bonchev–Trinajstić information content (AvgIpc) is 2.43. The Morgan fingerprint density at radius 2 is 1.61 bits per heavy atom. The molecule has 0 saturated heterocycles. The van der Waals surface area contributed by atoms with E-state index >= 15 is 0 Å². The van der Waals surface area contributed by atoms with E-state index in [-0.39, 0.29) is 33.7 Å². The molecule has 0 heterocycles. The first-order valence-electron chi connectivity index (χ1n) is 6.35. The molecule has 23 heavy (non-hydrogen) atoms. The van der Waals surface area contributed by atoms with Crippen LogP contribution in [0.5, 0.6) is 5.75 Å². The van der Waals surface area contributed by atoms with Gasteiger partial charge in [0.1, 0.15) is 11.6 Å². The summed E-state index contributed by atoms with van der Waals surface area (Å²) in [5.41, 5.74) is 0.0350. The second-order valence-corrected chi connectivity index (χ2v) is 5.52. The van der Waals surface area contributed by atoms with Crippen molar-refractivity contribution in [1.29, 1.82) is 5.41 Å². The maximum atomic E-state index is 12.5. The molecule has 0 fully saturated rings. The second-order valence-electron chi connectivity index (χ2n) is 4.71. The van der Waals surface area contributed by atoms with Crippen LogP contribution in [-0.2, 0) is 12.7 Å². The van der Waals surface area contributed by atoms with Crippen molar-refractivity contribution in [3.8, 4) is 5.75 Å². The van der Waals surface area contributed by atoms with Crippen LogP contribution in [0.25, 0.3) is 0 Å². The lowest BCUT2D eigenvalue weighted by Crippen LogP contribution is -2.23. The Kier molecular flexibility index (Phi) is 5.06. The number of benzene rings is 2. The highest BCUT2D eigenvalue weighted by Crippen LogP contribution is 2.30. The molecule has 0 aliphatic rings. The molecule has 2 aromatic carbocycles. The maximum Gasteiger partial charge on any atom is 0.416 e. The van der Waals surface area contributed by atoms with Gasteiger partial charge >= 0.3 is 6.18 Å². The molecule has 0 radical (unpaired) electrons. The molecule has 8 heteroatoms. The summed E-state index contributed by atoms with van der Waals surface area (Å²) in [4.78, 5) is 0. The molecule has 3 N–H and O–H groups in total. The molecule has 2 rings (SSSR count). The SMILES string of the molecule is N=C(NCc1ccc(C(F)(F)F)cc1)c1c(Cl)cc(O)cc1Cl. The lowest BCUT2D eigenvalue weighted by Gasteiger charge is -2.12. The zero-order chi connectivity index (χ0) is 17.2. The van der Waals surface area contributed by atoms with E-state index < -0.39 is 11.7 Å². The second kappa shape index (κ2) is 6.68. The highest BCUT2D eigenvalue weighted by atomic mass is 35.5. The van der Waals surface area contributed by atoms with Crippen LogP contribution in [0.1, 0.15) is 16.7 Å². The van der Waals surface area contributed by atoms with Crippen LogP contribution >= 0.6 is 23.2 Å². The molecule has 122 valence electrons. The Morgan fingerprint density at radius 3 is 2.09 bits per heavy atom. The molecular formula is C15H11Cl2F3N2O. The Labute approximate surface area is 140 Å². The number of rotatable bonds is 3. The Morgan fingerprint density at radius 1 is 1.09 bits per heavy atom. The number of hydrogen-bond donors (Lipinski definition) is 3. The Balaban J connectivity index is 2.08. The molecule has 0 saturated carbocycles. The fourth-order valence-electron chi connectivity index (χ4n) is 1.89. The molecular weight excluding hydrogens is 352 g/mol. The van der Waals surface area contributed by atoms with Crippen molar-refractivity contribution < 1.29 is 18.3 Å². The van der Waals surface area contributed by atoms with Crippen molar-refractivity contribution >= 4 is 29.0 Å². The molecule has 0 spiro atoms. The van der Waals surface area contributed by atoms with Gasteiger partial charge in [-0.15, -0.1) is 0 Å². The quantitative estimate of drug-likeness (QED) is 0.540. The third kappa shape index (κ3) is 4.30. The van der Waals surface area contributed by atoms with E-state index in [1.165, 1.54) is 24.3 Å². The summed E-state index contributed by atoms with van der Waals surface area (Å²) >= 11 is 11.9. The molecule has 0 aliphatic heterocycles. The molecule has 0 aliphatic carbocycles. The molecule has 0 unspecified atom stereocenters. The number of amidine groups is 1. The van der Waals surface area contributed by atoms with E-state index in [9.17, 15) is 18.3 Å². The minimum absolute atomic E-state index is 0.0971. The van der Waals surface area contributed by atoms with E-state index in [1.807, 2.05) is 0 Å². The number of alkyl halides is 3. The summed E-state index contributed by atoms with van der Waals surface area (Å²) in [6, 6.07) is 7.09. The van der Waals surface area contributed by atoms with E-state index in [4.69, 9.17) is 28.6 Å². The van der Waals surface area contributed by atoms with Crippen molar-refractivity contribution in [2.24, 2.45) is 0 Å². The van der Waals surface area contributed by atoms with E-state index in [1.54, 1.807) is 0 Å². The first-order chi connectivity index (χ1) is 10.7. The van der Waals surface area contributed by atoms with Crippen LogP contribution in [0.2, 0.25) is 10.0 Å². The first kappa shape index (κ1) is 17.4. The monoisotopic (exact) mass is 362 g/mol. The van der Waals surface area contributed by atoms with Gasteiger partial charge in [0.15, 0.2) is 0 Å². The Bertz CT molecular complexity index is 707. The minimum Gasteiger partial charge on any atom is -0.508 e. The molecule has 3 nitrogen and oxygen atoms in total. The topological polar surface area (TPSA) is 56.1 Å². The van der Waals surface area contributed by atoms with Gasteiger partial charge in [-0.2, -0.15) is 13.2 Å². The molecule has 0 aromatic heterocycles. The van der Waals surface area contributed by atoms with Crippen molar-refractivity contribution in [3.63, 3.8) is 0 Å². The van der Waals surface area contributed by atoms with Gasteiger partial charge < -0.3 is 10.4 Å². The van der Waals surface area contributed by atoms with Crippen LogP contribution in [0.4, 0.5) is 13.2 Å². The highest BCUT2D eigenvalue weighted by molar-refractivity contribution is 6.40. The van der Waals surface area contributed by atoms with Crippen molar-refractivity contribution in [1.82, 2.24) is 5.32 Å². The number of halogens is 5. The normalized spacial score (nSPS) is 11.3. The summed E-state index contributed by atoms with van der Waals surface area (Å²) in [7, 11) is 0. The van der Waals surface area contributed by atoms with Crippen LogP contribution < -0.4 is 5.32 Å². The van der Waals surface area contributed by atoms with Gasteiger partial charge in [0.05, 0.1) is 21.2 Å². The van der Waals surface area contributed by atoms with Gasteiger partial charge in [0.2, 0.25) is 0 Å². The van der Waals surface area contributed by atoms with Crippen molar-refractivity contribution in [2.75, 3.05) is 0 Å². The van der Waals surface area contributed by atoms with Gasteiger partial charge in [-0.3, -0.25) is 5.41 Å². The summed E-state index contributed by atoms with van der Waals surface area (Å²) in [5.74, 6) is -0.223. The minimum atomic E-state index is -4.38. The summed E-state index contributed by atoms with van der Waals surface area (Å²) in [6.07, 6.45) is -4.38. The van der Waals surface area contributed by atoms with Crippen molar-refractivity contribution in [2.45, 2.75) is 12.7 Å². The van der Waals surface area contributed by atoms with E-state index in [2.05, 4.69) is 5.32 Å². The summed E-state index contributed by atoms with van der Waals surface area (Å²) in [5, 5.41) is 20.2. The molecule has 0 amide bonds. The maximum absolute atomic E-state index is 12.5. The molecule has 0 atom stereocenters. The predicted octanol–water partition coefficient (Wildman–Crippen LogP) is 4.83. The zero-order valence-electron chi connectivity index (χ0n) is 11.5. The third-order valence-corrected chi connectivity index (χ3v) is 3.62. The third-order valence-electron chi connectivity index (χ3n) is 3.03. The van der Waals surface area contributed by atoms with Gasteiger partial charge in [-0.1, -0.05) is 35.3 Å². The Hall–Kier alpha value is -1.92. The number of aromatic hydroxyl groups is 1. The number of nitrogens with one attached hydrogen (secondary N) is 2. The number of phenolic OH excluding ortho intramolecular Hbond substituents is 1. The van der Waals surface area contributed by atoms with Crippen LogP contribution in [0.15, 0.2) is 36.4 Å². The fourth-order valence-corrected chi connectivity index (χ4v) is 2.55. The lowest BCUT2D eigenvalue weighted by atomic mass is 10.1. The zero-order valence-corrected chi connectivity index (χ0v) is 13.0. The van der Waals surface area contributed by atoms with Gasteiger partial charge in [-0.05, 0) is 29.8 Å².